The number of allylic oxidation sites excluding steroid dienone is 2. The first-order valence-corrected chi connectivity index (χ1v) is 10.1. The number of sulfonamides is 1. The van der Waals surface area contributed by atoms with Crippen molar-refractivity contribution in [2.75, 3.05) is 0 Å². The van der Waals surface area contributed by atoms with Crippen LogP contribution in [0.25, 0.3) is 5.57 Å². The van der Waals surface area contributed by atoms with E-state index in [1.165, 1.54) is 6.92 Å². The first kappa shape index (κ1) is 20.3. The van der Waals surface area contributed by atoms with Gasteiger partial charge in [0.1, 0.15) is 5.54 Å². The Morgan fingerprint density at radius 2 is 1.85 bits per heavy atom. The summed E-state index contributed by atoms with van der Waals surface area (Å²) in [7, 11) is -3.63. The summed E-state index contributed by atoms with van der Waals surface area (Å²) in [4.78, 5) is 11.3. The maximum atomic E-state index is 11.7. The minimum Gasteiger partial charge on any atom is -0.316 e. The third kappa shape index (κ3) is 4.38. The van der Waals surface area contributed by atoms with E-state index in [4.69, 9.17) is 10.9 Å². The fourth-order valence-corrected chi connectivity index (χ4v) is 3.59. The summed E-state index contributed by atoms with van der Waals surface area (Å²) >= 11 is 0. The predicted molar refractivity (Wildman–Crippen MR) is 102 cm³/mol. The van der Waals surface area contributed by atoms with Crippen LogP contribution >= 0.6 is 0 Å². The van der Waals surface area contributed by atoms with Gasteiger partial charge in [-0.15, -0.1) is 0 Å². The lowest BCUT2D eigenvalue weighted by Gasteiger charge is -2.36. The average molecular weight is 379 g/mol. The van der Waals surface area contributed by atoms with Gasteiger partial charge in [-0.3, -0.25) is 10.1 Å². The number of hydrogen-bond donors (Lipinski definition) is 2. The second kappa shape index (κ2) is 7.69. The molecule has 1 aromatic carbocycles. The monoisotopic (exact) mass is 379 g/mol. The van der Waals surface area contributed by atoms with Crippen molar-refractivity contribution in [3.8, 4) is 0 Å². The molecular weight excluding hydrogens is 354 g/mol. The molecule has 0 heterocycles. The average Bonchev–Trinajstić information content (AvgIpc) is 2.59. The zero-order chi connectivity index (χ0) is 19.5. The largest absolute Gasteiger partial charge is 0.316 e. The molecule has 1 aliphatic carbocycles. The van der Waals surface area contributed by atoms with E-state index in [0.29, 0.717) is 12.8 Å². The van der Waals surface area contributed by atoms with E-state index in [9.17, 15) is 18.5 Å². The van der Waals surface area contributed by atoms with Gasteiger partial charge in [0.15, 0.2) is 0 Å². The summed E-state index contributed by atoms with van der Waals surface area (Å²) in [5.41, 5.74) is 6.87. The summed E-state index contributed by atoms with van der Waals surface area (Å²) in [6.45, 7) is 3.33. The molecule has 7 nitrogen and oxygen atoms in total. The minimum atomic E-state index is -3.63. The topological polar surface area (TPSA) is 129 Å². The first-order valence-electron chi connectivity index (χ1n) is 8.46. The third-order valence-electron chi connectivity index (χ3n) is 5.16. The van der Waals surface area contributed by atoms with Crippen LogP contribution < -0.4 is 10.9 Å². The fraction of sp³-hybridized carbons (Fsp3) is 0.444. The van der Waals surface area contributed by atoms with Crippen molar-refractivity contribution in [1.82, 2.24) is 0 Å². The third-order valence-corrected chi connectivity index (χ3v) is 6.51. The van der Waals surface area contributed by atoms with Crippen LogP contribution in [0.1, 0.15) is 32.3 Å². The maximum Gasteiger partial charge on any atom is 0.253 e. The molecule has 0 radical (unpaired) electrons. The number of hydrogen-bond acceptors (Lipinski definition) is 5. The molecule has 0 fully saturated rings. The Bertz CT molecular complexity index is 820. The molecule has 0 spiro atoms. The zero-order valence-electron chi connectivity index (χ0n) is 14.9. The van der Waals surface area contributed by atoms with E-state index in [2.05, 4.69) is 0 Å². The molecule has 0 aromatic heterocycles. The van der Waals surface area contributed by atoms with Crippen LogP contribution in [0.5, 0.6) is 0 Å². The molecule has 0 bridgehead atoms. The first-order chi connectivity index (χ1) is 12.1. The zero-order valence-corrected chi connectivity index (χ0v) is 15.7. The molecule has 4 N–H and O–H groups in total. The summed E-state index contributed by atoms with van der Waals surface area (Å²) in [6, 6.07) is 8.28. The molecule has 2 rings (SSSR count). The highest BCUT2D eigenvalue weighted by molar-refractivity contribution is 7.89. The molecule has 1 aliphatic rings. The lowest BCUT2D eigenvalue weighted by molar-refractivity contribution is -0.519. The number of primary sulfonamides is 1. The summed E-state index contributed by atoms with van der Waals surface area (Å²) < 4.78 is 22.8. The van der Waals surface area contributed by atoms with Crippen LogP contribution in [0.3, 0.4) is 0 Å². The molecule has 0 amide bonds. The van der Waals surface area contributed by atoms with Gasteiger partial charge in [-0.2, -0.15) is 0 Å². The number of rotatable bonds is 7. The van der Waals surface area contributed by atoms with Gasteiger partial charge in [0.2, 0.25) is 10.0 Å². The van der Waals surface area contributed by atoms with E-state index < -0.39 is 26.9 Å². The molecular formula is C18H25N3O4S. The molecule has 26 heavy (non-hydrogen) atoms. The highest BCUT2D eigenvalue weighted by Gasteiger charge is 2.46. The van der Waals surface area contributed by atoms with Crippen molar-refractivity contribution in [2.24, 2.45) is 16.8 Å². The fourth-order valence-electron chi connectivity index (χ4n) is 3.12. The van der Waals surface area contributed by atoms with Crippen molar-refractivity contribution in [2.45, 2.75) is 43.5 Å². The van der Waals surface area contributed by atoms with E-state index >= 15 is 0 Å². The van der Waals surface area contributed by atoms with Gasteiger partial charge in [-0.1, -0.05) is 49.4 Å². The van der Waals surface area contributed by atoms with Gasteiger partial charge < -0.3 is 5.73 Å². The van der Waals surface area contributed by atoms with Crippen LogP contribution in [-0.4, -0.2) is 30.2 Å². The van der Waals surface area contributed by atoms with Gasteiger partial charge in [0.05, 0.1) is 5.25 Å². The summed E-state index contributed by atoms with van der Waals surface area (Å²) in [5, 5.41) is 16.1. The summed E-state index contributed by atoms with van der Waals surface area (Å²) in [6.07, 6.45) is 5.77. The Balaban J connectivity index is 2.23. The van der Waals surface area contributed by atoms with Gasteiger partial charge in [0, 0.05) is 4.92 Å². The molecule has 0 aliphatic heterocycles. The standard InChI is InChI=1S/C18H25N3O4S/c1-13(8-9-14(2)26(20,24)25)18(19)11-10-16(12-17(18)21(22)23)15-6-4-3-5-7-15/h3-7,10-14,17H,8-9,19H2,1-2H3,(H2,20,24,25). The molecule has 0 saturated heterocycles. The van der Waals surface area contributed by atoms with Crippen molar-refractivity contribution in [3.63, 3.8) is 0 Å². The lowest BCUT2D eigenvalue weighted by atomic mass is 9.73. The molecule has 4 atom stereocenters. The van der Waals surface area contributed by atoms with Crippen molar-refractivity contribution in [3.05, 3.63) is 64.2 Å². The second-order valence-corrected chi connectivity index (χ2v) is 8.91. The van der Waals surface area contributed by atoms with Crippen LogP contribution in [0.2, 0.25) is 0 Å². The SMILES string of the molecule is CC(CCC(C)S(N)(=O)=O)C1(N)C=CC(c2ccccc2)=CC1[N+](=O)[O-]. The molecule has 142 valence electrons. The molecule has 8 heteroatoms. The van der Waals surface area contributed by atoms with E-state index in [-0.39, 0.29) is 10.8 Å². The highest BCUT2D eigenvalue weighted by atomic mass is 32.2. The van der Waals surface area contributed by atoms with Crippen LogP contribution in [0, 0.1) is 16.0 Å². The normalized spacial score (nSPS) is 25.4. The Hall–Kier alpha value is -2.03. The number of nitro groups is 1. The van der Waals surface area contributed by atoms with Crippen molar-refractivity contribution in [1.29, 1.82) is 0 Å². The van der Waals surface area contributed by atoms with Gasteiger partial charge in [-0.25, -0.2) is 13.6 Å². The van der Waals surface area contributed by atoms with Crippen molar-refractivity contribution >= 4 is 15.6 Å². The van der Waals surface area contributed by atoms with Gasteiger partial charge >= 0.3 is 0 Å². The summed E-state index contributed by atoms with van der Waals surface area (Å²) in [5.74, 6) is -0.299. The van der Waals surface area contributed by atoms with E-state index in [0.717, 1.165) is 11.1 Å². The Kier molecular flexibility index (Phi) is 6.00. The lowest BCUT2D eigenvalue weighted by Crippen LogP contribution is -2.57. The van der Waals surface area contributed by atoms with Gasteiger partial charge in [-0.05, 0) is 42.9 Å². The quantitative estimate of drug-likeness (QED) is 0.553. The van der Waals surface area contributed by atoms with E-state index in [1.807, 2.05) is 30.3 Å². The molecule has 4 unspecified atom stereocenters. The van der Waals surface area contributed by atoms with Crippen LogP contribution in [-0.2, 0) is 10.0 Å². The Morgan fingerprint density at radius 1 is 1.23 bits per heavy atom. The second-order valence-electron chi connectivity index (χ2n) is 6.93. The highest BCUT2D eigenvalue weighted by Crippen LogP contribution is 2.34. The molecule has 1 aromatic rings. The number of nitrogens with zero attached hydrogens (tertiary/aromatic N) is 1. The Labute approximate surface area is 154 Å². The minimum absolute atomic E-state index is 0.298. The maximum absolute atomic E-state index is 11.7. The smallest absolute Gasteiger partial charge is 0.253 e. The van der Waals surface area contributed by atoms with Crippen LogP contribution in [0.4, 0.5) is 0 Å². The number of benzene rings is 1. The molecule has 0 saturated carbocycles. The van der Waals surface area contributed by atoms with Crippen molar-refractivity contribution < 1.29 is 13.3 Å². The van der Waals surface area contributed by atoms with Crippen LogP contribution in [0.15, 0.2) is 48.6 Å². The Morgan fingerprint density at radius 3 is 2.38 bits per heavy atom. The van der Waals surface area contributed by atoms with Gasteiger partial charge in [0.25, 0.3) is 6.04 Å². The number of nitrogens with two attached hydrogens (primary N) is 2. The predicted octanol–water partition coefficient (Wildman–Crippen LogP) is 2.08. The van der Waals surface area contributed by atoms with E-state index in [1.54, 1.807) is 25.2 Å².